The summed E-state index contributed by atoms with van der Waals surface area (Å²) in [6.45, 7) is 6.17. The molecule has 1 fully saturated rings. The van der Waals surface area contributed by atoms with E-state index in [-0.39, 0.29) is 18.0 Å². The van der Waals surface area contributed by atoms with Crippen molar-refractivity contribution < 1.29 is 14.3 Å². The van der Waals surface area contributed by atoms with Crippen molar-refractivity contribution in [2.45, 2.75) is 31.8 Å². The lowest BCUT2D eigenvalue weighted by atomic mass is 9.98. The van der Waals surface area contributed by atoms with Crippen LogP contribution in [0, 0.1) is 0 Å². The maximum absolute atomic E-state index is 12.1. The summed E-state index contributed by atoms with van der Waals surface area (Å²) in [6, 6.07) is 2.08. The monoisotopic (exact) mass is 342 g/mol. The SMILES string of the molecule is C=CC(=O)N1C[C@H](Nc2c(C(=O)OC)cnc3[nH]ccc23)CC[C@@H]1C. The van der Waals surface area contributed by atoms with Gasteiger partial charge in [-0.3, -0.25) is 4.79 Å². The van der Waals surface area contributed by atoms with E-state index >= 15 is 0 Å². The molecule has 132 valence electrons. The fourth-order valence-electron chi connectivity index (χ4n) is 3.28. The van der Waals surface area contributed by atoms with E-state index in [9.17, 15) is 9.59 Å². The van der Waals surface area contributed by atoms with Crippen LogP contribution in [0.25, 0.3) is 11.0 Å². The second-order valence-corrected chi connectivity index (χ2v) is 6.24. The predicted molar refractivity (Wildman–Crippen MR) is 95.4 cm³/mol. The number of H-pyrrole nitrogens is 1. The van der Waals surface area contributed by atoms with Crippen molar-refractivity contribution in [1.29, 1.82) is 0 Å². The smallest absolute Gasteiger partial charge is 0.341 e. The number of likely N-dealkylation sites (tertiary alicyclic amines) is 1. The summed E-state index contributed by atoms with van der Waals surface area (Å²) in [4.78, 5) is 33.3. The number of anilines is 1. The summed E-state index contributed by atoms with van der Waals surface area (Å²) >= 11 is 0. The minimum Gasteiger partial charge on any atom is -0.465 e. The first-order chi connectivity index (χ1) is 12.0. The number of carbonyl (C=O) groups excluding carboxylic acids is 2. The standard InChI is InChI=1S/C18H22N4O3/c1-4-15(23)22-10-12(6-5-11(22)2)21-16-13-7-8-19-17(13)20-9-14(16)18(24)25-3/h4,7-9,11-12H,1,5-6,10H2,2-3H3,(H2,19,20,21)/t11-,12+/m0/s1. The van der Waals surface area contributed by atoms with Crippen molar-refractivity contribution in [1.82, 2.24) is 14.9 Å². The molecule has 7 nitrogen and oxygen atoms in total. The number of carbonyl (C=O) groups is 2. The van der Waals surface area contributed by atoms with Crippen LogP contribution in [0.4, 0.5) is 5.69 Å². The van der Waals surface area contributed by atoms with Crippen LogP contribution in [-0.2, 0) is 9.53 Å². The van der Waals surface area contributed by atoms with E-state index in [1.807, 2.05) is 17.9 Å². The lowest BCUT2D eigenvalue weighted by Crippen LogP contribution is -2.49. The van der Waals surface area contributed by atoms with Crippen LogP contribution in [0.15, 0.2) is 31.1 Å². The summed E-state index contributed by atoms with van der Waals surface area (Å²) < 4.78 is 4.88. The fraction of sp³-hybridized carbons (Fsp3) is 0.389. The first kappa shape index (κ1) is 17.0. The molecular weight excluding hydrogens is 320 g/mol. The van der Waals surface area contributed by atoms with E-state index in [0.717, 1.165) is 18.2 Å². The van der Waals surface area contributed by atoms with Crippen molar-refractivity contribution in [2.75, 3.05) is 19.0 Å². The zero-order valence-corrected chi connectivity index (χ0v) is 14.4. The van der Waals surface area contributed by atoms with Crippen LogP contribution < -0.4 is 5.32 Å². The van der Waals surface area contributed by atoms with E-state index < -0.39 is 5.97 Å². The van der Waals surface area contributed by atoms with E-state index in [4.69, 9.17) is 4.74 Å². The number of piperidine rings is 1. The highest BCUT2D eigenvalue weighted by Gasteiger charge is 2.29. The van der Waals surface area contributed by atoms with Crippen LogP contribution in [0.2, 0.25) is 0 Å². The number of fused-ring (bicyclic) bond motifs is 1. The van der Waals surface area contributed by atoms with Gasteiger partial charge in [-0.15, -0.1) is 0 Å². The van der Waals surface area contributed by atoms with E-state index in [2.05, 4.69) is 21.9 Å². The Balaban J connectivity index is 1.91. The molecular formula is C18H22N4O3. The Hall–Kier alpha value is -2.83. The molecule has 2 N–H and O–H groups in total. The number of hydrogen-bond acceptors (Lipinski definition) is 5. The van der Waals surface area contributed by atoms with Gasteiger partial charge in [-0.25, -0.2) is 9.78 Å². The van der Waals surface area contributed by atoms with Gasteiger partial charge >= 0.3 is 5.97 Å². The number of pyridine rings is 1. The van der Waals surface area contributed by atoms with Crippen molar-refractivity contribution in [3.8, 4) is 0 Å². The maximum atomic E-state index is 12.1. The molecule has 0 spiro atoms. The van der Waals surface area contributed by atoms with E-state index in [1.165, 1.54) is 19.4 Å². The van der Waals surface area contributed by atoms with Gasteiger partial charge in [0.05, 0.1) is 12.8 Å². The molecule has 1 amide bonds. The zero-order valence-electron chi connectivity index (χ0n) is 14.4. The van der Waals surface area contributed by atoms with Crippen LogP contribution in [0.1, 0.15) is 30.1 Å². The van der Waals surface area contributed by atoms with Crippen LogP contribution >= 0.6 is 0 Å². The number of esters is 1. The molecule has 1 aliphatic heterocycles. The first-order valence-electron chi connectivity index (χ1n) is 8.29. The zero-order chi connectivity index (χ0) is 18.0. The Morgan fingerprint density at radius 1 is 1.48 bits per heavy atom. The van der Waals surface area contributed by atoms with Gasteiger partial charge in [0.1, 0.15) is 11.2 Å². The van der Waals surface area contributed by atoms with Crippen molar-refractivity contribution >= 4 is 28.6 Å². The molecule has 0 saturated carbocycles. The van der Waals surface area contributed by atoms with Crippen LogP contribution in [0.3, 0.4) is 0 Å². The molecule has 2 aromatic rings. The molecule has 0 aliphatic carbocycles. The Bertz CT molecular complexity index is 814. The Labute approximate surface area is 146 Å². The van der Waals surface area contributed by atoms with E-state index in [1.54, 1.807) is 6.20 Å². The highest BCUT2D eigenvalue weighted by Crippen LogP contribution is 2.29. The number of hydrogen-bond donors (Lipinski definition) is 2. The summed E-state index contributed by atoms with van der Waals surface area (Å²) in [7, 11) is 1.35. The molecule has 1 saturated heterocycles. The minimum absolute atomic E-state index is 0.0315. The second kappa shape index (κ2) is 6.96. The summed E-state index contributed by atoms with van der Waals surface area (Å²) in [6.07, 6.45) is 6.41. The third-order valence-corrected chi connectivity index (χ3v) is 4.68. The largest absolute Gasteiger partial charge is 0.465 e. The Morgan fingerprint density at radius 2 is 2.28 bits per heavy atom. The Morgan fingerprint density at radius 3 is 3.00 bits per heavy atom. The third kappa shape index (κ3) is 3.22. The van der Waals surface area contributed by atoms with Gasteiger partial charge in [0.15, 0.2) is 0 Å². The van der Waals surface area contributed by atoms with Crippen LogP contribution in [-0.4, -0.2) is 52.5 Å². The topological polar surface area (TPSA) is 87.3 Å². The number of amides is 1. The van der Waals surface area contributed by atoms with Crippen molar-refractivity contribution in [3.63, 3.8) is 0 Å². The van der Waals surface area contributed by atoms with Gasteiger partial charge in [0, 0.05) is 36.4 Å². The molecule has 3 rings (SSSR count). The number of ether oxygens (including phenoxy) is 1. The average molecular weight is 342 g/mol. The van der Waals surface area contributed by atoms with Gasteiger partial charge in [-0.2, -0.15) is 0 Å². The van der Waals surface area contributed by atoms with Crippen molar-refractivity contribution in [3.05, 3.63) is 36.7 Å². The highest BCUT2D eigenvalue weighted by atomic mass is 16.5. The number of aromatic nitrogens is 2. The predicted octanol–water partition coefficient (Wildman–Crippen LogP) is 2.33. The molecule has 7 heteroatoms. The molecule has 2 aromatic heterocycles. The number of rotatable bonds is 4. The van der Waals surface area contributed by atoms with Gasteiger partial charge in [0.2, 0.25) is 5.91 Å². The normalized spacial score (nSPS) is 20.3. The highest BCUT2D eigenvalue weighted by molar-refractivity contribution is 6.04. The first-order valence-corrected chi connectivity index (χ1v) is 8.29. The number of nitrogens with one attached hydrogen (secondary N) is 2. The van der Waals surface area contributed by atoms with Crippen LogP contribution in [0.5, 0.6) is 0 Å². The lowest BCUT2D eigenvalue weighted by Gasteiger charge is -2.38. The molecule has 0 unspecified atom stereocenters. The van der Waals surface area contributed by atoms with Gasteiger partial charge in [0.25, 0.3) is 0 Å². The molecule has 0 aromatic carbocycles. The molecule has 0 bridgehead atoms. The molecule has 0 radical (unpaired) electrons. The number of aromatic amines is 1. The number of methoxy groups -OCH3 is 1. The van der Waals surface area contributed by atoms with Crippen molar-refractivity contribution in [2.24, 2.45) is 0 Å². The third-order valence-electron chi connectivity index (χ3n) is 4.68. The second-order valence-electron chi connectivity index (χ2n) is 6.24. The average Bonchev–Trinajstić information content (AvgIpc) is 3.11. The lowest BCUT2D eigenvalue weighted by molar-refractivity contribution is -0.129. The van der Waals surface area contributed by atoms with Gasteiger partial charge in [-0.05, 0) is 31.9 Å². The molecule has 2 atom stereocenters. The minimum atomic E-state index is -0.443. The number of nitrogens with zero attached hydrogens (tertiary/aromatic N) is 2. The fourth-order valence-corrected chi connectivity index (χ4v) is 3.28. The maximum Gasteiger partial charge on any atom is 0.341 e. The quantitative estimate of drug-likeness (QED) is 0.658. The Kier molecular flexibility index (Phi) is 4.74. The summed E-state index contributed by atoms with van der Waals surface area (Å²) in [5, 5.41) is 4.26. The molecule has 3 heterocycles. The van der Waals surface area contributed by atoms with E-state index in [0.29, 0.717) is 23.4 Å². The molecule has 1 aliphatic rings. The summed E-state index contributed by atoms with van der Waals surface area (Å²) in [5.74, 6) is -0.519. The summed E-state index contributed by atoms with van der Waals surface area (Å²) in [5.41, 5.74) is 1.76. The molecule has 25 heavy (non-hydrogen) atoms. The van der Waals surface area contributed by atoms with Gasteiger partial charge in [-0.1, -0.05) is 6.58 Å². The van der Waals surface area contributed by atoms with Gasteiger partial charge < -0.3 is 19.9 Å².